The summed E-state index contributed by atoms with van der Waals surface area (Å²) < 4.78 is 6.41. The van der Waals surface area contributed by atoms with Gasteiger partial charge in [0.25, 0.3) is 0 Å². The lowest BCUT2D eigenvalue weighted by molar-refractivity contribution is 0.416. The van der Waals surface area contributed by atoms with Crippen molar-refractivity contribution in [2.24, 2.45) is 0 Å². The molecule has 0 radical (unpaired) electrons. The Morgan fingerprint density at radius 1 is 1.43 bits per heavy atom. The van der Waals surface area contributed by atoms with Gasteiger partial charge in [0, 0.05) is 16.4 Å². The average Bonchev–Trinajstić information content (AvgIpc) is 2.42. The fourth-order valence-corrected chi connectivity index (χ4v) is 2.30. The standard InChI is InChI=1S/C11H14BrNO/c1-11(2)6-13-10-8(11)4-7(12)5-9(10)14-3/h4-5,13H,6H2,1-3H3. The molecule has 1 aromatic carbocycles. The Morgan fingerprint density at radius 2 is 2.14 bits per heavy atom. The Balaban J connectivity index is 2.62. The van der Waals surface area contributed by atoms with Crippen LogP contribution in [-0.4, -0.2) is 13.7 Å². The molecular formula is C11H14BrNO. The minimum Gasteiger partial charge on any atom is -0.495 e. The molecule has 0 saturated carbocycles. The summed E-state index contributed by atoms with van der Waals surface area (Å²) >= 11 is 3.50. The van der Waals surface area contributed by atoms with Crippen molar-refractivity contribution in [1.29, 1.82) is 0 Å². The summed E-state index contributed by atoms with van der Waals surface area (Å²) in [6, 6.07) is 4.16. The first-order chi connectivity index (χ1) is 6.54. The monoisotopic (exact) mass is 255 g/mol. The van der Waals surface area contributed by atoms with Crippen molar-refractivity contribution >= 4 is 21.6 Å². The molecule has 0 aromatic heterocycles. The third-order valence-corrected chi connectivity index (χ3v) is 3.18. The summed E-state index contributed by atoms with van der Waals surface area (Å²) in [4.78, 5) is 0. The molecule has 3 heteroatoms. The van der Waals surface area contributed by atoms with E-state index in [1.807, 2.05) is 6.07 Å². The normalized spacial score (nSPS) is 17.4. The van der Waals surface area contributed by atoms with Gasteiger partial charge < -0.3 is 10.1 Å². The molecule has 0 aliphatic carbocycles. The maximum Gasteiger partial charge on any atom is 0.143 e. The van der Waals surface area contributed by atoms with Crippen molar-refractivity contribution in [2.45, 2.75) is 19.3 Å². The van der Waals surface area contributed by atoms with Gasteiger partial charge in [-0.25, -0.2) is 0 Å². The zero-order valence-corrected chi connectivity index (χ0v) is 10.2. The van der Waals surface area contributed by atoms with E-state index in [1.54, 1.807) is 7.11 Å². The quantitative estimate of drug-likeness (QED) is 0.833. The number of hydrogen-bond acceptors (Lipinski definition) is 2. The number of halogens is 1. The second-order valence-electron chi connectivity index (χ2n) is 4.27. The predicted molar refractivity (Wildman–Crippen MR) is 62.2 cm³/mol. The zero-order valence-electron chi connectivity index (χ0n) is 8.65. The molecule has 1 aliphatic rings. The minimum atomic E-state index is 0.187. The van der Waals surface area contributed by atoms with Gasteiger partial charge >= 0.3 is 0 Å². The molecule has 0 bridgehead atoms. The van der Waals surface area contributed by atoms with Crippen LogP contribution in [0.4, 0.5) is 5.69 Å². The van der Waals surface area contributed by atoms with Crippen LogP contribution < -0.4 is 10.1 Å². The molecule has 2 rings (SSSR count). The highest BCUT2D eigenvalue weighted by atomic mass is 79.9. The van der Waals surface area contributed by atoms with E-state index in [0.717, 1.165) is 22.5 Å². The number of fused-ring (bicyclic) bond motifs is 1. The second kappa shape index (κ2) is 3.16. The van der Waals surface area contributed by atoms with Gasteiger partial charge in [-0.2, -0.15) is 0 Å². The number of anilines is 1. The largest absolute Gasteiger partial charge is 0.495 e. The van der Waals surface area contributed by atoms with E-state index in [4.69, 9.17) is 4.74 Å². The zero-order chi connectivity index (χ0) is 10.3. The number of hydrogen-bond donors (Lipinski definition) is 1. The highest BCUT2D eigenvalue weighted by molar-refractivity contribution is 9.10. The van der Waals surface area contributed by atoms with Crippen molar-refractivity contribution in [3.05, 3.63) is 22.2 Å². The molecule has 0 atom stereocenters. The number of nitrogens with one attached hydrogen (secondary N) is 1. The van der Waals surface area contributed by atoms with Crippen molar-refractivity contribution < 1.29 is 4.74 Å². The first-order valence-electron chi connectivity index (χ1n) is 4.66. The molecule has 76 valence electrons. The van der Waals surface area contributed by atoms with E-state index in [0.29, 0.717) is 0 Å². The van der Waals surface area contributed by atoms with Crippen LogP contribution in [0.15, 0.2) is 16.6 Å². The molecule has 0 fully saturated rings. The summed E-state index contributed by atoms with van der Waals surface area (Å²) in [7, 11) is 1.70. The Bertz CT molecular complexity index is 374. The van der Waals surface area contributed by atoms with Crippen LogP contribution in [0.3, 0.4) is 0 Å². The molecule has 2 nitrogen and oxygen atoms in total. The molecule has 0 spiro atoms. The smallest absolute Gasteiger partial charge is 0.143 e. The lowest BCUT2D eigenvalue weighted by Gasteiger charge is -2.17. The highest BCUT2D eigenvalue weighted by Gasteiger charge is 2.32. The molecule has 0 unspecified atom stereocenters. The van der Waals surface area contributed by atoms with Crippen molar-refractivity contribution in [3.8, 4) is 5.75 Å². The third kappa shape index (κ3) is 1.40. The SMILES string of the molecule is COc1cc(Br)cc2c1NCC2(C)C. The Morgan fingerprint density at radius 3 is 2.79 bits per heavy atom. The van der Waals surface area contributed by atoms with Gasteiger partial charge in [0.15, 0.2) is 0 Å². The van der Waals surface area contributed by atoms with Gasteiger partial charge in [-0.3, -0.25) is 0 Å². The van der Waals surface area contributed by atoms with Gasteiger partial charge in [0.2, 0.25) is 0 Å². The molecule has 1 N–H and O–H groups in total. The fourth-order valence-electron chi connectivity index (χ4n) is 1.86. The highest BCUT2D eigenvalue weighted by Crippen LogP contribution is 2.43. The van der Waals surface area contributed by atoms with Crippen LogP contribution in [0.2, 0.25) is 0 Å². The van der Waals surface area contributed by atoms with Crippen LogP contribution in [0.25, 0.3) is 0 Å². The summed E-state index contributed by atoms with van der Waals surface area (Å²) in [6.07, 6.45) is 0. The van der Waals surface area contributed by atoms with Gasteiger partial charge in [-0.1, -0.05) is 29.8 Å². The molecule has 14 heavy (non-hydrogen) atoms. The summed E-state index contributed by atoms with van der Waals surface area (Å²) in [5.74, 6) is 0.917. The Labute approximate surface area is 92.8 Å². The topological polar surface area (TPSA) is 21.3 Å². The van der Waals surface area contributed by atoms with Crippen molar-refractivity contribution in [1.82, 2.24) is 0 Å². The fraction of sp³-hybridized carbons (Fsp3) is 0.455. The van der Waals surface area contributed by atoms with E-state index in [2.05, 4.69) is 41.2 Å². The maximum absolute atomic E-state index is 5.34. The van der Waals surface area contributed by atoms with Gasteiger partial charge in [-0.05, 0) is 17.7 Å². The van der Waals surface area contributed by atoms with Crippen LogP contribution in [-0.2, 0) is 5.41 Å². The number of ether oxygens (including phenoxy) is 1. The number of methoxy groups -OCH3 is 1. The molecule has 0 amide bonds. The minimum absolute atomic E-state index is 0.187. The first kappa shape index (κ1) is 9.84. The molecule has 0 saturated heterocycles. The van der Waals surface area contributed by atoms with Crippen molar-refractivity contribution in [2.75, 3.05) is 19.0 Å². The third-order valence-electron chi connectivity index (χ3n) is 2.72. The first-order valence-corrected chi connectivity index (χ1v) is 5.46. The maximum atomic E-state index is 5.34. The van der Waals surface area contributed by atoms with Crippen LogP contribution >= 0.6 is 15.9 Å². The van der Waals surface area contributed by atoms with Gasteiger partial charge in [0.05, 0.1) is 12.8 Å². The lowest BCUT2D eigenvalue weighted by Crippen LogP contribution is -2.18. The van der Waals surface area contributed by atoms with Crippen LogP contribution in [0.1, 0.15) is 19.4 Å². The van der Waals surface area contributed by atoms with E-state index in [-0.39, 0.29) is 5.41 Å². The van der Waals surface area contributed by atoms with E-state index >= 15 is 0 Å². The Hall–Kier alpha value is -0.700. The van der Waals surface area contributed by atoms with Crippen LogP contribution in [0, 0.1) is 0 Å². The van der Waals surface area contributed by atoms with Crippen molar-refractivity contribution in [3.63, 3.8) is 0 Å². The number of rotatable bonds is 1. The van der Waals surface area contributed by atoms with E-state index in [1.165, 1.54) is 5.56 Å². The average molecular weight is 256 g/mol. The second-order valence-corrected chi connectivity index (χ2v) is 5.18. The molecule has 1 aromatic rings. The van der Waals surface area contributed by atoms with Gasteiger partial charge in [0.1, 0.15) is 5.75 Å². The molecule has 1 aliphatic heterocycles. The summed E-state index contributed by atoms with van der Waals surface area (Å²) in [5, 5.41) is 3.39. The number of benzene rings is 1. The molecule has 1 heterocycles. The van der Waals surface area contributed by atoms with E-state index < -0.39 is 0 Å². The summed E-state index contributed by atoms with van der Waals surface area (Å²) in [6.45, 7) is 5.44. The summed E-state index contributed by atoms with van der Waals surface area (Å²) in [5.41, 5.74) is 2.65. The van der Waals surface area contributed by atoms with Crippen LogP contribution in [0.5, 0.6) is 5.75 Å². The predicted octanol–water partition coefficient (Wildman–Crippen LogP) is 3.16. The Kier molecular flexibility index (Phi) is 2.22. The molecular weight excluding hydrogens is 242 g/mol. The lowest BCUT2D eigenvalue weighted by atomic mass is 9.87. The van der Waals surface area contributed by atoms with E-state index in [9.17, 15) is 0 Å². The van der Waals surface area contributed by atoms with Gasteiger partial charge in [-0.15, -0.1) is 0 Å².